The van der Waals surface area contributed by atoms with Crippen LogP contribution in [0.15, 0.2) is 90.0 Å². The van der Waals surface area contributed by atoms with E-state index in [-0.39, 0.29) is 12.5 Å². The SMILES string of the molecule is O=C(COc1cccc2ccccc12)N/N=C/c1ccc2ccccc2c1. The number of nitrogens with zero attached hydrogens (tertiary/aromatic N) is 1. The summed E-state index contributed by atoms with van der Waals surface area (Å²) in [5, 5.41) is 8.37. The van der Waals surface area contributed by atoms with Gasteiger partial charge in [-0.2, -0.15) is 5.10 Å². The molecular formula is C23H18N2O2. The lowest BCUT2D eigenvalue weighted by atomic mass is 10.1. The van der Waals surface area contributed by atoms with Crippen molar-refractivity contribution in [2.45, 2.75) is 0 Å². The molecule has 1 amide bonds. The molecule has 0 atom stereocenters. The third-order valence-electron chi connectivity index (χ3n) is 4.28. The summed E-state index contributed by atoms with van der Waals surface area (Å²) in [6.45, 7) is -0.0942. The summed E-state index contributed by atoms with van der Waals surface area (Å²) in [6, 6.07) is 27.8. The maximum atomic E-state index is 12.0. The molecule has 4 nitrogen and oxygen atoms in total. The van der Waals surface area contributed by atoms with Gasteiger partial charge in [0, 0.05) is 5.39 Å². The highest BCUT2D eigenvalue weighted by Gasteiger charge is 2.05. The predicted octanol–water partition coefficient (Wildman–Crippen LogP) is 4.52. The van der Waals surface area contributed by atoms with Crippen LogP contribution in [0.3, 0.4) is 0 Å². The van der Waals surface area contributed by atoms with Crippen LogP contribution in [0.25, 0.3) is 21.5 Å². The Balaban J connectivity index is 1.37. The highest BCUT2D eigenvalue weighted by molar-refractivity contribution is 5.91. The Bertz CT molecular complexity index is 1130. The number of fused-ring (bicyclic) bond motifs is 2. The van der Waals surface area contributed by atoms with Gasteiger partial charge in [0.1, 0.15) is 5.75 Å². The molecule has 132 valence electrons. The second-order valence-corrected chi connectivity index (χ2v) is 6.17. The zero-order valence-corrected chi connectivity index (χ0v) is 14.6. The van der Waals surface area contributed by atoms with Gasteiger partial charge in [-0.15, -0.1) is 0 Å². The van der Waals surface area contributed by atoms with Crippen molar-refractivity contribution in [3.05, 3.63) is 90.5 Å². The molecule has 4 heteroatoms. The molecule has 0 unspecified atom stereocenters. The van der Waals surface area contributed by atoms with E-state index >= 15 is 0 Å². The van der Waals surface area contributed by atoms with Crippen LogP contribution < -0.4 is 10.2 Å². The monoisotopic (exact) mass is 354 g/mol. The highest BCUT2D eigenvalue weighted by Crippen LogP contribution is 2.24. The molecule has 0 bridgehead atoms. The average molecular weight is 354 g/mol. The number of benzene rings is 4. The highest BCUT2D eigenvalue weighted by atomic mass is 16.5. The van der Waals surface area contributed by atoms with Crippen molar-refractivity contribution in [2.75, 3.05) is 6.61 Å². The van der Waals surface area contributed by atoms with Crippen LogP contribution in [0, 0.1) is 0 Å². The quantitative estimate of drug-likeness (QED) is 0.423. The summed E-state index contributed by atoms with van der Waals surface area (Å²) in [4.78, 5) is 12.0. The largest absolute Gasteiger partial charge is 0.483 e. The minimum absolute atomic E-state index is 0.0942. The molecule has 4 aromatic carbocycles. The maximum absolute atomic E-state index is 12.0. The number of hydrazone groups is 1. The Labute approximate surface area is 157 Å². The molecule has 0 radical (unpaired) electrons. The second kappa shape index (κ2) is 7.70. The molecule has 0 aliphatic rings. The van der Waals surface area contributed by atoms with Gasteiger partial charge in [0.15, 0.2) is 6.61 Å². The number of rotatable bonds is 5. The van der Waals surface area contributed by atoms with Gasteiger partial charge in [-0.1, -0.05) is 72.8 Å². The number of carbonyl (C=O) groups is 1. The van der Waals surface area contributed by atoms with Gasteiger partial charge < -0.3 is 4.74 Å². The molecule has 0 aromatic heterocycles. The summed E-state index contributed by atoms with van der Waals surface area (Å²) in [5.41, 5.74) is 3.42. The van der Waals surface area contributed by atoms with Gasteiger partial charge in [-0.05, 0) is 33.9 Å². The van der Waals surface area contributed by atoms with E-state index in [2.05, 4.69) is 16.6 Å². The Hall–Kier alpha value is -3.66. The van der Waals surface area contributed by atoms with Crippen LogP contribution in [0.4, 0.5) is 0 Å². The Morgan fingerprint density at radius 3 is 2.48 bits per heavy atom. The molecule has 4 aromatic rings. The summed E-state index contributed by atoms with van der Waals surface area (Å²) >= 11 is 0. The number of ether oxygens (including phenoxy) is 1. The van der Waals surface area contributed by atoms with Crippen molar-refractivity contribution < 1.29 is 9.53 Å². The normalized spacial score (nSPS) is 11.1. The molecule has 0 fully saturated rings. The van der Waals surface area contributed by atoms with E-state index in [0.29, 0.717) is 5.75 Å². The van der Waals surface area contributed by atoms with Crippen molar-refractivity contribution in [2.24, 2.45) is 5.10 Å². The minimum atomic E-state index is -0.306. The minimum Gasteiger partial charge on any atom is -0.483 e. The summed E-state index contributed by atoms with van der Waals surface area (Å²) < 4.78 is 5.66. The third-order valence-corrected chi connectivity index (χ3v) is 4.28. The van der Waals surface area contributed by atoms with Crippen LogP contribution in [-0.2, 0) is 4.79 Å². The van der Waals surface area contributed by atoms with Crippen molar-refractivity contribution in [3.63, 3.8) is 0 Å². The molecule has 0 saturated heterocycles. The Kier molecular flexibility index (Phi) is 4.79. The van der Waals surface area contributed by atoms with Crippen LogP contribution in [0.1, 0.15) is 5.56 Å². The zero-order chi connectivity index (χ0) is 18.5. The maximum Gasteiger partial charge on any atom is 0.277 e. The van der Waals surface area contributed by atoms with Crippen LogP contribution >= 0.6 is 0 Å². The third kappa shape index (κ3) is 3.96. The van der Waals surface area contributed by atoms with Crippen molar-refractivity contribution in [1.29, 1.82) is 0 Å². The summed E-state index contributed by atoms with van der Waals surface area (Å²) in [5.74, 6) is 0.377. The fraction of sp³-hybridized carbons (Fsp3) is 0.0435. The molecule has 0 spiro atoms. The van der Waals surface area contributed by atoms with Gasteiger partial charge in [0.2, 0.25) is 0 Å². The average Bonchev–Trinajstić information content (AvgIpc) is 2.72. The van der Waals surface area contributed by atoms with Gasteiger partial charge in [0.25, 0.3) is 5.91 Å². The Morgan fingerprint density at radius 2 is 1.59 bits per heavy atom. The molecule has 4 rings (SSSR count). The molecule has 0 aliphatic heterocycles. The summed E-state index contributed by atoms with van der Waals surface area (Å²) in [6.07, 6.45) is 1.63. The van der Waals surface area contributed by atoms with Gasteiger partial charge in [0.05, 0.1) is 6.21 Å². The van der Waals surface area contributed by atoms with E-state index in [1.54, 1.807) is 6.21 Å². The lowest BCUT2D eigenvalue weighted by Crippen LogP contribution is -2.24. The van der Waals surface area contributed by atoms with E-state index in [9.17, 15) is 4.79 Å². The van der Waals surface area contributed by atoms with E-state index in [0.717, 1.165) is 21.7 Å². The molecular weight excluding hydrogens is 336 g/mol. The number of hydrogen-bond donors (Lipinski definition) is 1. The topological polar surface area (TPSA) is 50.7 Å². The molecule has 0 saturated carbocycles. The van der Waals surface area contributed by atoms with E-state index in [1.165, 1.54) is 5.39 Å². The first-order chi connectivity index (χ1) is 13.3. The molecule has 1 N–H and O–H groups in total. The number of hydrogen-bond acceptors (Lipinski definition) is 3. The fourth-order valence-electron chi connectivity index (χ4n) is 2.96. The standard InChI is InChI=1S/C23H18N2O2/c26-23(16-27-22-11-5-9-19-7-3-4-10-21(19)22)25-24-15-17-12-13-18-6-1-2-8-20(18)14-17/h1-15H,16H2,(H,25,26)/b24-15+. The van der Waals surface area contributed by atoms with Crippen LogP contribution in [0.5, 0.6) is 5.75 Å². The fourth-order valence-corrected chi connectivity index (χ4v) is 2.96. The van der Waals surface area contributed by atoms with Crippen molar-refractivity contribution >= 4 is 33.7 Å². The smallest absolute Gasteiger partial charge is 0.277 e. The summed E-state index contributed by atoms with van der Waals surface area (Å²) in [7, 11) is 0. The second-order valence-electron chi connectivity index (χ2n) is 6.17. The molecule has 0 aliphatic carbocycles. The first kappa shape index (κ1) is 16.8. The first-order valence-electron chi connectivity index (χ1n) is 8.71. The number of carbonyl (C=O) groups excluding carboxylic acids is 1. The van der Waals surface area contributed by atoms with Gasteiger partial charge in [-0.3, -0.25) is 4.79 Å². The van der Waals surface area contributed by atoms with Gasteiger partial charge >= 0.3 is 0 Å². The predicted molar refractivity (Wildman–Crippen MR) is 109 cm³/mol. The molecule has 27 heavy (non-hydrogen) atoms. The zero-order valence-electron chi connectivity index (χ0n) is 14.6. The van der Waals surface area contributed by atoms with Crippen molar-refractivity contribution in [1.82, 2.24) is 5.43 Å². The van der Waals surface area contributed by atoms with Gasteiger partial charge in [-0.25, -0.2) is 5.43 Å². The first-order valence-corrected chi connectivity index (χ1v) is 8.71. The van der Waals surface area contributed by atoms with Crippen LogP contribution in [-0.4, -0.2) is 18.7 Å². The van der Waals surface area contributed by atoms with Crippen LogP contribution in [0.2, 0.25) is 0 Å². The van der Waals surface area contributed by atoms with E-state index in [4.69, 9.17) is 4.74 Å². The Morgan fingerprint density at radius 1 is 0.852 bits per heavy atom. The molecule has 0 heterocycles. The lowest BCUT2D eigenvalue weighted by molar-refractivity contribution is -0.123. The number of nitrogens with one attached hydrogen (secondary N) is 1. The van der Waals surface area contributed by atoms with Crippen molar-refractivity contribution in [3.8, 4) is 5.75 Å². The van der Waals surface area contributed by atoms with E-state index in [1.807, 2.05) is 78.9 Å². The van der Waals surface area contributed by atoms with E-state index < -0.39 is 0 Å². The number of amides is 1. The lowest BCUT2D eigenvalue weighted by Gasteiger charge is -2.08.